The summed E-state index contributed by atoms with van der Waals surface area (Å²) in [4.78, 5) is 0.247. The van der Waals surface area contributed by atoms with Crippen molar-refractivity contribution in [2.24, 2.45) is 0 Å². The average molecular weight is 313 g/mol. The van der Waals surface area contributed by atoms with Crippen molar-refractivity contribution in [3.05, 3.63) is 29.3 Å². The molecule has 6 heteroatoms. The fraction of sp³-hybridized carbons (Fsp3) is 0.600. The van der Waals surface area contributed by atoms with Gasteiger partial charge < -0.3 is 10.2 Å². The molecule has 1 aliphatic rings. The minimum Gasteiger partial charge on any atom is -0.389 e. The molecular formula is C15H23NO4S. The Balaban J connectivity index is 2.45. The van der Waals surface area contributed by atoms with Crippen LogP contribution in [0.25, 0.3) is 0 Å². The van der Waals surface area contributed by atoms with Gasteiger partial charge in [0.15, 0.2) is 0 Å². The monoisotopic (exact) mass is 313 g/mol. The van der Waals surface area contributed by atoms with E-state index < -0.39 is 22.2 Å². The van der Waals surface area contributed by atoms with Gasteiger partial charge in [-0.25, -0.2) is 8.42 Å². The van der Waals surface area contributed by atoms with Crippen molar-refractivity contribution in [1.29, 1.82) is 0 Å². The molecule has 0 radical (unpaired) electrons. The van der Waals surface area contributed by atoms with E-state index in [4.69, 9.17) is 0 Å². The van der Waals surface area contributed by atoms with Crippen LogP contribution in [0.3, 0.4) is 0 Å². The van der Waals surface area contributed by atoms with Gasteiger partial charge >= 0.3 is 0 Å². The van der Waals surface area contributed by atoms with Gasteiger partial charge in [0.1, 0.15) is 0 Å². The molecule has 0 amide bonds. The van der Waals surface area contributed by atoms with E-state index in [0.29, 0.717) is 5.56 Å². The van der Waals surface area contributed by atoms with Crippen molar-refractivity contribution >= 4 is 10.0 Å². The fourth-order valence-electron chi connectivity index (χ4n) is 2.42. The summed E-state index contributed by atoms with van der Waals surface area (Å²) >= 11 is 0. The number of β-amino-alcohol motifs (C(OH)–C–C–N with tert-alkyl or cyclic N) is 2. The Morgan fingerprint density at radius 1 is 1.14 bits per heavy atom. The summed E-state index contributed by atoms with van der Waals surface area (Å²) in [5.41, 5.74) is 1.45. The summed E-state index contributed by atoms with van der Waals surface area (Å²) in [5.74, 6) is 0. The lowest BCUT2D eigenvalue weighted by Crippen LogP contribution is -2.30. The molecule has 2 N–H and O–H groups in total. The lowest BCUT2D eigenvalue weighted by Gasteiger charge is -2.22. The molecule has 0 aromatic heterocycles. The molecule has 0 saturated carbocycles. The Hall–Kier alpha value is -0.950. The van der Waals surface area contributed by atoms with Crippen LogP contribution in [0.1, 0.15) is 31.9 Å². The Kier molecular flexibility index (Phi) is 4.19. The Labute approximate surface area is 126 Å². The third kappa shape index (κ3) is 3.13. The van der Waals surface area contributed by atoms with E-state index in [9.17, 15) is 18.6 Å². The maximum absolute atomic E-state index is 12.7. The van der Waals surface area contributed by atoms with Crippen LogP contribution in [-0.4, -0.2) is 48.2 Å². The number of rotatable bonds is 2. The molecule has 21 heavy (non-hydrogen) atoms. The normalized spacial score (nSPS) is 24.5. The van der Waals surface area contributed by atoms with Crippen molar-refractivity contribution in [2.45, 2.75) is 50.2 Å². The lowest BCUT2D eigenvalue weighted by atomic mass is 9.87. The molecule has 2 atom stereocenters. The van der Waals surface area contributed by atoms with Gasteiger partial charge in [-0.05, 0) is 29.5 Å². The molecule has 2 unspecified atom stereocenters. The van der Waals surface area contributed by atoms with Gasteiger partial charge in [-0.1, -0.05) is 32.9 Å². The molecule has 2 rings (SSSR count). The molecule has 1 heterocycles. The molecule has 1 aromatic carbocycles. The van der Waals surface area contributed by atoms with Crippen LogP contribution in [0.15, 0.2) is 23.1 Å². The summed E-state index contributed by atoms with van der Waals surface area (Å²) in [7, 11) is -3.70. The van der Waals surface area contributed by atoms with E-state index in [1.165, 1.54) is 0 Å². The number of benzene rings is 1. The summed E-state index contributed by atoms with van der Waals surface area (Å²) in [5, 5.41) is 19.2. The highest BCUT2D eigenvalue weighted by molar-refractivity contribution is 7.89. The molecule has 0 aliphatic carbocycles. The lowest BCUT2D eigenvalue weighted by molar-refractivity contribution is 0.0572. The minimum absolute atomic E-state index is 0.0668. The fourth-order valence-corrected chi connectivity index (χ4v) is 4.14. The van der Waals surface area contributed by atoms with Crippen LogP contribution < -0.4 is 0 Å². The van der Waals surface area contributed by atoms with E-state index in [-0.39, 0.29) is 23.4 Å². The number of hydrogen-bond acceptors (Lipinski definition) is 4. The van der Waals surface area contributed by atoms with Gasteiger partial charge in [0.2, 0.25) is 10.0 Å². The second-order valence-corrected chi connectivity index (χ2v) is 8.59. The number of aliphatic hydroxyl groups excluding tert-OH is 2. The predicted molar refractivity (Wildman–Crippen MR) is 80.7 cm³/mol. The summed E-state index contributed by atoms with van der Waals surface area (Å²) in [6.45, 7) is 7.69. The summed E-state index contributed by atoms with van der Waals surface area (Å²) in [6.07, 6.45) is -2.04. The third-order valence-electron chi connectivity index (χ3n) is 3.90. The molecule has 118 valence electrons. The summed E-state index contributed by atoms with van der Waals surface area (Å²) < 4.78 is 26.6. The van der Waals surface area contributed by atoms with E-state index >= 15 is 0 Å². The van der Waals surface area contributed by atoms with Crippen molar-refractivity contribution in [1.82, 2.24) is 4.31 Å². The van der Waals surface area contributed by atoms with E-state index in [1.54, 1.807) is 19.1 Å². The van der Waals surface area contributed by atoms with Gasteiger partial charge in [-0.3, -0.25) is 0 Å². The number of nitrogens with zero attached hydrogens (tertiary/aromatic N) is 1. The van der Waals surface area contributed by atoms with Crippen molar-refractivity contribution in [2.75, 3.05) is 13.1 Å². The largest absolute Gasteiger partial charge is 0.389 e. The predicted octanol–water partition coefficient (Wildman–Crippen LogP) is 1.02. The second kappa shape index (κ2) is 5.35. The molecule has 1 aromatic rings. The smallest absolute Gasteiger partial charge is 0.243 e. The van der Waals surface area contributed by atoms with Crippen molar-refractivity contribution < 1.29 is 18.6 Å². The zero-order chi connectivity index (χ0) is 16.0. The van der Waals surface area contributed by atoms with Crippen LogP contribution in [0.4, 0.5) is 0 Å². The minimum atomic E-state index is -3.70. The van der Waals surface area contributed by atoms with E-state index in [0.717, 1.165) is 9.87 Å². The third-order valence-corrected chi connectivity index (χ3v) is 5.87. The average Bonchev–Trinajstić information content (AvgIpc) is 2.69. The maximum Gasteiger partial charge on any atom is 0.243 e. The van der Waals surface area contributed by atoms with E-state index in [2.05, 4.69) is 0 Å². The number of sulfonamides is 1. The van der Waals surface area contributed by atoms with Crippen LogP contribution in [0.5, 0.6) is 0 Å². The van der Waals surface area contributed by atoms with Gasteiger partial charge in [-0.15, -0.1) is 0 Å². The SMILES string of the molecule is Cc1ccc(C(C)(C)C)cc1S(=O)(=O)N1CC(O)C(O)C1. The zero-order valence-corrected chi connectivity index (χ0v) is 13.7. The van der Waals surface area contributed by atoms with Crippen LogP contribution in [0.2, 0.25) is 0 Å². The van der Waals surface area contributed by atoms with Crippen LogP contribution in [0, 0.1) is 6.92 Å². The Morgan fingerprint density at radius 3 is 2.14 bits per heavy atom. The first-order chi connectivity index (χ1) is 9.53. The Bertz CT molecular complexity index is 624. The molecular weight excluding hydrogens is 290 g/mol. The Morgan fingerprint density at radius 2 is 1.67 bits per heavy atom. The highest BCUT2D eigenvalue weighted by Crippen LogP contribution is 2.29. The summed E-state index contributed by atoms with van der Waals surface area (Å²) in [6, 6.07) is 5.43. The molecule has 0 spiro atoms. The highest BCUT2D eigenvalue weighted by Gasteiger charge is 2.38. The molecule has 0 bridgehead atoms. The first kappa shape index (κ1) is 16.4. The van der Waals surface area contributed by atoms with Gasteiger partial charge in [0.05, 0.1) is 17.1 Å². The highest BCUT2D eigenvalue weighted by atomic mass is 32.2. The quantitative estimate of drug-likeness (QED) is 0.854. The zero-order valence-electron chi connectivity index (χ0n) is 12.9. The maximum atomic E-state index is 12.7. The van der Waals surface area contributed by atoms with E-state index in [1.807, 2.05) is 26.8 Å². The van der Waals surface area contributed by atoms with Crippen LogP contribution >= 0.6 is 0 Å². The molecule has 1 saturated heterocycles. The van der Waals surface area contributed by atoms with Gasteiger partial charge in [-0.2, -0.15) is 4.31 Å². The molecule has 1 aliphatic heterocycles. The van der Waals surface area contributed by atoms with Crippen molar-refractivity contribution in [3.8, 4) is 0 Å². The van der Waals surface area contributed by atoms with Crippen LogP contribution in [-0.2, 0) is 15.4 Å². The number of hydrogen-bond donors (Lipinski definition) is 2. The first-order valence-electron chi connectivity index (χ1n) is 7.01. The standard InChI is InChI=1S/C15H23NO4S/c1-10-5-6-11(15(2,3)4)7-14(10)21(19,20)16-8-12(17)13(18)9-16/h5-7,12-13,17-18H,8-9H2,1-4H3. The second-order valence-electron chi connectivity index (χ2n) is 6.69. The van der Waals surface area contributed by atoms with Crippen molar-refractivity contribution in [3.63, 3.8) is 0 Å². The van der Waals surface area contributed by atoms with Gasteiger partial charge in [0.25, 0.3) is 0 Å². The first-order valence-corrected chi connectivity index (χ1v) is 8.45. The topological polar surface area (TPSA) is 77.8 Å². The van der Waals surface area contributed by atoms with Gasteiger partial charge in [0, 0.05) is 13.1 Å². The molecule has 5 nitrogen and oxygen atoms in total. The number of aliphatic hydroxyl groups is 2. The molecule has 1 fully saturated rings. The number of aryl methyl sites for hydroxylation is 1.